The predicted molar refractivity (Wildman–Crippen MR) is 116 cm³/mol. The quantitative estimate of drug-likeness (QED) is 0.593. The molecule has 0 radical (unpaired) electrons. The number of rotatable bonds is 7. The fourth-order valence-electron chi connectivity index (χ4n) is 4.37. The molecule has 0 spiro atoms. The van der Waals surface area contributed by atoms with E-state index in [1.54, 1.807) is 6.20 Å². The van der Waals surface area contributed by atoms with Crippen LogP contribution >= 0.6 is 0 Å². The molecule has 0 saturated carbocycles. The number of aromatic nitrogens is 4. The van der Waals surface area contributed by atoms with Gasteiger partial charge in [0.2, 0.25) is 0 Å². The van der Waals surface area contributed by atoms with E-state index in [2.05, 4.69) is 58.6 Å². The lowest BCUT2D eigenvalue weighted by Gasteiger charge is -2.33. The third-order valence-corrected chi connectivity index (χ3v) is 5.79. The van der Waals surface area contributed by atoms with Gasteiger partial charge in [0.25, 0.3) is 0 Å². The van der Waals surface area contributed by atoms with Gasteiger partial charge in [0.1, 0.15) is 5.82 Å². The molecule has 1 fully saturated rings. The maximum Gasteiger partial charge on any atom is 0.160 e. The first-order valence-corrected chi connectivity index (χ1v) is 10.8. The van der Waals surface area contributed by atoms with E-state index in [9.17, 15) is 0 Å². The minimum atomic E-state index is 0.348. The van der Waals surface area contributed by atoms with E-state index in [-0.39, 0.29) is 0 Å². The van der Waals surface area contributed by atoms with Crippen molar-refractivity contribution in [3.63, 3.8) is 0 Å². The average molecular weight is 390 g/mol. The number of piperidine rings is 1. The molecule has 0 N–H and O–H groups in total. The highest BCUT2D eigenvalue weighted by Gasteiger charge is 2.26. The smallest absolute Gasteiger partial charge is 0.160 e. The van der Waals surface area contributed by atoms with Crippen molar-refractivity contribution in [3.8, 4) is 5.82 Å². The van der Waals surface area contributed by atoms with Crippen LogP contribution in [0.15, 0.2) is 55.1 Å². The highest BCUT2D eigenvalue weighted by Crippen LogP contribution is 2.30. The van der Waals surface area contributed by atoms with Crippen molar-refractivity contribution in [1.29, 1.82) is 0 Å². The van der Waals surface area contributed by atoms with E-state index in [4.69, 9.17) is 9.97 Å². The van der Waals surface area contributed by atoms with Gasteiger partial charge in [0.15, 0.2) is 5.82 Å². The molecular weight excluding hydrogens is 358 g/mol. The number of benzene rings is 1. The molecule has 0 bridgehead atoms. The van der Waals surface area contributed by atoms with Crippen molar-refractivity contribution in [2.75, 3.05) is 19.6 Å². The molecule has 5 nitrogen and oxygen atoms in total. The number of likely N-dealkylation sites (tertiary alicyclic amines) is 1. The van der Waals surface area contributed by atoms with Crippen LogP contribution in [0.2, 0.25) is 0 Å². The molecule has 3 aromatic rings. The van der Waals surface area contributed by atoms with Gasteiger partial charge in [0.05, 0.1) is 5.69 Å². The largest absolute Gasteiger partial charge is 0.303 e. The van der Waals surface area contributed by atoms with Gasteiger partial charge in [-0.3, -0.25) is 9.55 Å². The molecule has 0 aliphatic carbocycles. The van der Waals surface area contributed by atoms with Crippen LogP contribution in [0.5, 0.6) is 0 Å². The van der Waals surface area contributed by atoms with Crippen molar-refractivity contribution in [1.82, 2.24) is 24.4 Å². The van der Waals surface area contributed by atoms with Gasteiger partial charge < -0.3 is 4.90 Å². The van der Waals surface area contributed by atoms with Crippen LogP contribution in [-0.4, -0.2) is 44.1 Å². The number of nitrogens with zero attached hydrogens (tertiary/aromatic N) is 5. The predicted octanol–water partition coefficient (Wildman–Crippen LogP) is 4.60. The summed E-state index contributed by atoms with van der Waals surface area (Å²) in [5, 5.41) is 0. The highest BCUT2D eigenvalue weighted by atomic mass is 15.2. The van der Waals surface area contributed by atoms with Gasteiger partial charge in [-0.1, -0.05) is 44.2 Å². The summed E-state index contributed by atoms with van der Waals surface area (Å²) in [6, 6.07) is 10.8. The zero-order valence-corrected chi connectivity index (χ0v) is 17.5. The molecule has 1 aliphatic rings. The molecule has 1 aromatic carbocycles. The Bertz CT molecular complexity index is 902. The van der Waals surface area contributed by atoms with Crippen LogP contribution in [0.25, 0.3) is 5.82 Å². The van der Waals surface area contributed by atoms with Gasteiger partial charge in [0, 0.05) is 43.2 Å². The lowest BCUT2D eigenvalue weighted by molar-refractivity contribution is 0.204. The first-order valence-electron chi connectivity index (χ1n) is 10.8. The van der Waals surface area contributed by atoms with Crippen LogP contribution in [-0.2, 0) is 6.42 Å². The Hall–Kier alpha value is -2.53. The van der Waals surface area contributed by atoms with Crippen molar-refractivity contribution in [2.45, 2.75) is 51.4 Å². The lowest BCUT2D eigenvalue weighted by atomic mass is 9.94. The summed E-state index contributed by atoms with van der Waals surface area (Å²) in [6.45, 7) is 7.73. The van der Waals surface area contributed by atoms with E-state index in [1.165, 1.54) is 31.4 Å². The standard InChI is InChI=1S/C24H31N5/c1-19(2)23-27-14-17-29(23)24-22(25-12-13-26-24)21-11-7-16-28(18-21)15-6-10-20-8-4-3-5-9-20/h3-5,8-9,12-14,17,19,21H,6-7,10-11,15-16,18H2,1-2H3/t21-/m0/s1. The lowest BCUT2D eigenvalue weighted by Crippen LogP contribution is -2.36. The molecule has 152 valence electrons. The maximum atomic E-state index is 4.78. The monoisotopic (exact) mass is 389 g/mol. The Kier molecular flexibility index (Phi) is 6.35. The first kappa shape index (κ1) is 19.8. The van der Waals surface area contributed by atoms with Gasteiger partial charge >= 0.3 is 0 Å². The fourth-order valence-corrected chi connectivity index (χ4v) is 4.37. The van der Waals surface area contributed by atoms with Crippen LogP contribution in [0.4, 0.5) is 0 Å². The Morgan fingerprint density at radius 1 is 1.03 bits per heavy atom. The third-order valence-electron chi connectivity index (χ3n) is 5.79. The SMILES string of the molecule is CC(C)c1nccn1-c1nccnc1[C@H]1CCCN(CCCc2ccccc2)C1. The molecule has 4 rings (SSSR count). The van der Waals surface area contributed by atoms with E-state index < -0.39 is 0 Å². The van der Waals surface area contributed by atoms with E-state index in [0.29, 0.717) is 11.8 Å². The summed E-state index contributed by atoms with van der Waals surface area (Å²) >= 11 is 0. The second-order valence-electron chi connectivity index (χ2n) is 8.30. The van der Waals surface area contributed by atoms with Gasteiger partial charge in [-0.25, -0.2) is 9.97 Å². The van der Waals surface area contributed by atoms with Crippen molar-refractivity contribution >= 4 is 0 Å². The molecule has 29 heavy (non-hydrogen) atoms. The zero-order valence-electron chi connectivity index (χ0n) is 17.5. The topological polar surface area (TPSA) is 46.8 Å². The van der Waals surface area contributed by atoms with Crippen molar-refractivity contribution < 1.29 is 0 Å². The van der Waals surface area contributed by atoms with Crippen molar-refractivity contribution in [3.05, 3.63) is 72.2 Å². The van der Waals surface area contributed by atoms with Crippen molar-refractivity contribution in [2.24, 2.45) is 0 Å². The number of imidazole rings is 1. The molecule has 1 atom stereocenters. The number of aryl methyl sites for hydroxylation is 1. The molecule has 0 unspecified atom stereocenters. The number of hydrogen-bond acceptors (Lipinski definition) is 4. The molecule has 1 aliphatic heterocycles. The van der Waals surface area contributed by atoms with E-state index >= 15 is 0 Å². The van der Waals surface area contributed by atoms with Crippen LogP contribution < -0.4 is 0 Å². The zero-order chi connectivity index (χ0) is 20.1. The Morgan fingerprint density at radius 3 is 2.69 bits per heavy atom. The fraction of sp³-hybridized carbons (Fsp3) is 0.458. The summed E-state index contributed by atoms with van der Waals surface area (Å²) in [5.74, 6) is 2.76. The van der Waals surface area contributed by atoms with Gasteiger partial charge in [-0.05, 0) is 44.3 Å². The summed E-state index contributed by atoms with van der Waals surface area (Å²) < 4.78 is 2.13. The van der Waals surface area contributed by atoms with E-state index in [1.807, 2.05) is 18.6 Å². The minimum Gasteiger partial charge on any atom is -0.303 e. The molecule has 3 heterocycles. The van der Waals surface area contributed by atoms with Crippen LogP contribution in [0.3, 0.4) is 0 Å². The summed E-state index contributed by atoms with van der Waals surface area (Å²) in [5.41, 5.74) is 2.54. The molecule has 2 aromatic heterocycles. The minimum absolute atomic E-state index is 0.348. The third kappa shape index (κ3) is 4.73. The summed E-state index contributed by atoms with van der Waals surface area (Å²) in [6.07, 6.45) is 12.2. The highest BCUT2D eigenvalue weighted by molar-refractivity contribution is 5.33. The second-order valence-corrected chi connectivity index (χ2v) is 8.30. The number of hydrogen-bond donors (Lipinski definition) is 0. The Labute approximate surface area is 173 Å². The van der Waals surface area contributed by atoms with E-state index in [0.717, 1.165) is 36.8 Å². The van der Waals surface area contributed by atoms with Gasteiger partial charge in [-0.15, -0.1) is 0 Å². The molecule has 5 heteroatoms. The Morgan fingerprint density at radius 2 is 1.86 bits per heavy atom. The van der Waals surface area contributed by atoms with Crippen LogP contribution in [0.1, 0.15) is 62.0 Å². The molecule has 1 saturated heterocycles. The first-order chi connectivity index (χ1) is 14.2. The summed E-state index contributed by atoms with van der Waals surface area (Å²) in [7, 11) is 0. The molecule has 0 amide bonds. The summed E-state index contributed by atoms with van der Waals surface area (Å²) in [4.78, 5) is 16.6. The molecular formula is C24H31N5. The normalized spacial score (nSPS) is 17.7. The second kappa shape index (κ2) is 9.31. The van der Waals surface area contributed by atoms with Crippen LogP contribution in [0, 0.1) is 0 Å². The average Bonchev–Trinajstić information content (AvgIpc) is 3.25. The maximum absolute atomic E-state index is 4.78. The Balaban J connectivity index is 1.45. The van der Waals surface area contributed by atoms with Gasteiger partial charge in [-0.2, -0.15) is 0 Å².